The fraction of sp³-hybridized carbons (Fsp3) is 0.158. The Morgan fingerprint density at radius 3 is 2.68 bits per heavy atom. The number of hydrogen-bond acceptors (Lipinski definition) is 6. The van der Waals surface area contributed by atoms with Gasteiger partial charge in [-0.25, -0.2) is 9.78 Å². The average molecular weight is 444 g/mol. The van der Waals surface area contributed by atoms with Crippen LogP contribution in [-0.2, 0) is 4.74 Å². The second-order valence-electron chi connectivity index (χ2n) is 5.90. The SMILES string of the molecule is CCOC(=O)c1cnn(-c2ccc(C(=O)Nc3ccc(Br)c(C)c3)cn2)c1N. The van der Waals surface area contributed by atoms with Crippen LogP contribution >= 0.6 is 15.9 Å². The van der Waals surface area contributed by atoms with Crippen molar-refractivity contribution in [2.45, 2.75) is 13.8 Å². The lowest BCUT2D eigenvalue weighted by Gasteiger charge is -2.08. The molecule has 1 amide bonds. The summed E-state index contributed by atoms with van der Waals surface area (Å²) in [5.74, 6) is -0.342. The lowest BCUT2D eigenvalue weighted by atomic mass is 10.2. The van der Waals surface area contributed by atoms with E-state index in [1.165, 1.54) is 17.1 Å². The third-order valence-corrected chi connectivity index (χ3v) is 4.83. The molecule has 0 bridgehead atoms. The Morgan fingerprint density at radius 1 is 1.25 bits per heavy atom. The van der Waals surface area contributed by atoms with Gasteiger partial charge in [-0.3, -0.25) is 4.79 Å². The number of aromatic nitrogens is 3. The molecule has 1 aromatic carbocycles. The summed E-state index contributed by atoms with van der Waals surface area (Å²) in [6.07, 6.45) is 2.74. The van der Waals surface area contributed by atoms with E-state index in [4.69, 9.17) is 10.5 Å². The summed E-state index contributed by atoms with van der Waals surface area (Å²) >= 11 is 3.43. The number of hydrogen-bond donors (Lipinski definition) is 2. The maximum atomic E-state index is 12.4. The van der Waals surface area contributed by atoms with Gasteiger partial charge in [0.1, 0.15) is 11.4 Å². The Kier molecular flexibility index (Phi) is 5.74. The first-order valence-electron chi connectivity index (χ1n) is 8.45. The Labute approximate surface area is 169 Å². The van der Waals surface area contributed by atoms with Gasteiger partial charge in [-0.15, -0.1) is 0 Å². The summed E-state index contributed by atoms with van der Waals surface area (Å²) in [6, 6.07) is 8.74. The number of amides is 1. The summed E-state index contributed by atoms with van der Waals surface area (Å²) in [6.45, 7) is 3.89. The third-order valence-electron chi connectivity index (χ3n) is 3.94. The fourth-order valence-corrected chi connectivity index (χ4v) is 2.72. The lowest BCUT2D eigenvalue weighted by molar-refractivity contribution is 0.0527. The van der Waals surface area contributed by atoms with Crippen molar-refractivity contribution < 1.29 is 14.3 Å². The second kappa shape index (κ2) is 8.22. The summed E-state index contributed by atoms with van der Waals surface area (Å²) in [5.41, 5.74) is 8.21. The van der Waals surface area contributed by atoms with Crippen LogP contribution in [0.15, 0.2) is 47.2 Å². The molecule has 0 saturated heterocycles. The molecule has 0 unspecified atom stereocenters. The number of nitrogens with two attached hydrogens (primary N) is 1. The van der Waals surface area contributed by atoms with E-state index in [0.29, 0.717) is 17.1 Å². The summed E-state index contributed by atoms with van der Waals surface area (Å²) < 4.78 is 7.21. The molecule has 28 heavy (non-hydrogen) atoms. The minimum absolute atomic E-state index is 0.119. The van der Waals surface area contributed by atoms with Crippen LogP contribution in [0.4, 0.5) is 11.5 Å². The largest absolute Gasteiger partial charge is 0.462 e. The first-order chi connectivity index (χ1) is 13.4. The predicted octanol–water partition coefficient (Wildman–Crippen LogP) is 3.35. The van der Waals surface area contributed by atoms with E-state index in [-0.39, 0.29) is 23.9 Å². The highest BCUT2D eigenvalue weighted by Gasteiger charge is 2.18. The van der Waals surface area contributed by atoms with Gasteiger partial charge in [-0.1, -0.05) is 15.9 Å². The van der Waals surface area contributed by atoms with Gasteiger partial charge in [-0.05, 0) is 49.7 Å². The molecule has 0 atom stereocenters. The smallest absolute Gasteiger partial charge is 0.343 e. The molecular weight excluding hydrogens is 426 g/mol. The van der Waals surface area contributed by atoms with E-state index in [1.54, 1.807) is 25.1 Å². The van der Waals surface area contributed by atoms with Crippen LogP contribution in [0.5, 0.6) is 0 Å². The van der Waals surface area contributed by atoms with E-state index in [2.05, 4.69) is 31.3 Å². The van der Waals surface area contributed by atoms with Crippen molar-refractivity contribution in [3.8, 4) is 5.82 Å². The number of benzene rings is 1. The van der Waals surface area contributed by atoms with Gasteiger partial charge in [0.05, 0.1) is 18.4 Å². The first-order valence-corrected chi connectivity index (χ1v) is 9.24. The summed E-state index contributed by atoms with van der Waals surface area (Å²) in [4.78, 5) is 28.5. The van der Waals surface area contributed by atoms with Gasteiger partial charge in [-0.2, -0.15) is 9.78 Å². The quantitative estimate of drug-likeness (QED) is 0.584. The minimum Gasteiger partial charge on any atom is -0.462 e. The standard InChI is InChI=1S/C19H18BrN5O3/c1-3-28-19(27)14-10-23-25(17(14)21)16-7-4-12(9-22-16)18(26)24-13-5-6-15(20)11(2)8-13/h4-10H,3,21H2,1-2H3,(H,24,26). The topological polar surface area (TPSA) is 112 Å². The van der Waals surface area contributed by atoms with Crippen molar-refractivity contribution >= 4 is 39.3 Å². The van der Waals surface area contributed by atoms with E-state index in [0.717, 1.165) is 10.0 Å². The van der Waals surface area contributed by atoms with Gasteiger partial charge in [0.2, 0.25) is 0 Å². The van der Waals surface area contributed by atoms with Gasteiger partial charge in [0.15, 0.2) is 5.82 Å². The average Bonchev–Trinajstić information content (AvgIpc) is 3.06. The first kappa shape index (κ1) is 19.6. The van der Waals surface area contributed by atoms with E-state index in [9.17, 15) is 9.59 Å². The maximum Gasteiger partial charge on any atom is 0.343 e. The third kappa shape index (κ3) is 4.04. The summed E-state index contributed by atoms with van der Waals surface area (Å²) in [5, 5.41) is 6.89. The number of halogens is 1. The molecule has 0 aliphatic rings. The Hall–Kier alpha value is -3.20. The highest BCUT2D eigenvalue weighted by atomic mass is 79.9. The van der Waals surface area contributed by atoms with Crippen molar-refractivity contribution in [1.29, 1.82) is 0 Å². The molecular formula is C19H18BrN5O3. The molecule has 0 saturated carbocycles. The van der Waals surface area contributed by atoms with E-state index >= 15 is 0 Å². The molecule has 9 heteroatoms. The van der Waals surface area contributed by atoms with Crippen molar-refractivity contribution in [3.05, 3.63) is 63.9 Å². The van der Waals surface area contributed by atoms with E-state index in [1.807, 2.05) is 19.1 Å². The van der Waals surface area contributed by atoms with Crippen LogP contribution in [0.2, 0.25) is 0 Å². The van der Waals surface area contributed by atoms with Crippen molar-refractivity contribution in [2.24, 2.45) is 0 Å². The monoisotopic (exact) mass is 443 g/mol. The molecule has 0 radical (unpaired) electrons. The molecule has 8 nitrogen and oxygen atoms in total. The van der Waals surface area contributed by atoms with Crippen LogP contribution in [0.1, 0.15) is 33.2 Å². The van der Waals surface area contributed by atoms with Crippen molar-refractivity contribution in [1.82, 2.24) is 14.8 Å². The summed E-state index contributed by atoms with van der Waals surface area (Å²) in [7, 11) is 0. The molecule has 2 heterocycles. The molecule has 3 rings (SSSR count). The predicted molar refractivity (Wildman–Crippen MR) is 109 cm³/mol. The Balaban J connectivity index is 1.77. The number of pyridine rings is 1. The highest BCUT2D eigenvalue weighted by molar-refractivity contribution is 9.10. The van der Waals surface area contributed by atoms with Gasteiger partial charge in [0, 0.05) is 16.4 Å². The second-order valence-corrected chi connectivity index (χ2v) is 6.75. The zero-order valence-electron chi connectivity index (χ0n) is 15.3. The molecule has 2 aromatic heterocycles. The maximum absolute atomic E-state index is 12.4. The molecule has 3 N–H and O–H groups in total. The minimum atomic E-state index is -0.549. The van der Waals surface area contributed by atoms with Crippen LogP contribution in [0.25, 0.3) is 5.82 Å². The zero-order chi connectivity index (χ0) is 20.3. The highest BCUT2D eigenvalue weighted by Crippen LogP contribution is 2.21. The van der Waals surface area contributed by atoms with Gasteiger partial charge >= 0.3 is 5.97 Å². The van der Waals surface area contributed by atoms with Crippen LogP contribution in [-0.4, -0.2) is 33.2 Å². The van der Waals surface area contributed by atoms with Crippen LogP contribution in [0, 0.1) is 6.92 Å². The van der Waals surface area contributed by atoms with Crippen LogP contribution in [0.3, 0.4) is 0 Å². The number of ether oxygens (including phenoxy) is 1. The Bertz CT molecular complexity index is 1030. The number of aryl methyl sites for hydroxylation is 1. The Morgan fingerprint density at radius 2 is 2.04 bits per heavy atom. The van der Waals surface area contributed by atoms with E-state index < -0.39 is 5.97 Å². The van der Waals surface area contributed by atoms with Crippen LogP contribution < -0.4 is 11.1 Å². The van der Waals surface area contributed by atoms with Crippen molar-refractivity contribution in [3.63, 3.8) is 0 Å². The number of nitrogens with zero attached hydrogens (tertiary/aromatic N) is 3. The molecule has 0 aliphatic heterocycles. The molecule has 144 valence electrons. The number of anilines is 2. The number of rotatable bonds is 5. The molecule has 0 spiro atoms. The number of carbonyl (C=O) groups excluding carboxylic acids is 2. The molecule has 0 fully saturated rings. The molecule has 0 aliphatic carbocycles. The van der Waals surface area contributed by atoms with Gasteiger partial charge < -0.3 is 15.8 Å². The van der Waals surface area contributed by atoms with Gasteiger partial charge in [0.25, 0.3) is 5.91 Å². The number of nitrogen functional groups attached to an aromatic ring is 1. The molecule has 3 aromatic rings. The number of nitrogens with one attached hydrogen (secondary N) is 1. The number of esters is 1. The van der Waals surface area contributed by atoms with Crippen molar-refractivity contribution in [2.75, 3.05) is 17.7 Å². The fourth-order valence-electron chi connectivity index (χ4n) is 2.48. The lowest BCUT2D eigenvalue weighted by Crippen LogP contribution is -2.13. The number of carbonyl (C=O) groups is 2. The zero-order valence-corrected chi connectivity index (χ0v) is 16.9. The normalized spacial score (nSPS) is 10.5.